The van der Waals surface area contributed by atoms with Gasteiger partial charge >= 0.3 is 0 Å². The molecule has 2 fully saturated rings. The summed E-state index contributed by atoms with van der Waals surface area (Å²) < 4.78 is 5.82. The molecule has 118 valence electrons. The van der Waals surface area contributed by atoms with Gasteiger partial charge in [0.25, 0.3) is 0 Å². The number of nitrogens with one attached hydrogen (secondary N) is 1. The number of hydrogen-bond acceptors (Lipinski definition) is 2. The predicted octanol–water partition coefficient (Wildman–Crippen LogP) is 2.72. The highest BCUT2D eigenvalue weighted by molar-refractivity contribution is 5.92. The molecule has 0 amide bonds. The zero-order valence-corrected chi connectivity index (χ0v) is 13.4. The summed E-state index contributed by atoms with van der Waals surface area (Å²) in [5.74, 6) is 1.07. The van der Waals surface area contributed by atoms with E-state index in [2.05, 4.69) is 37.4 Å². The number of aliphatic imine (C=N–C) groups is 1. The zero-order chi connectivity index (χ0) is 15.3. The third-order valence-electron chi connectivity index (χ3n) is 5.69. The summed E-state index contributed by atoms with van der Waals surface area (Å²) in [5, 5.41) is 3.28. The molecule has 4 heteroatoms. The Labute approximate surface area is 132 Å². The van der Waals surface area contributed by atoms with Gasteiger partial charge in [-0.15, -0.1) is 0 Å². The Morgan fingerprint density at radius 1 is 1.32 bits per heavy atom. The van der Waals surface area contributed by atoms with Gasteiger partial charge < -0.3 is 15.8 Å². The lowest BCUT2D eigenvalue weighted by Crippen LogP contribution is -2.59. The number of anilines is 1. The molecule has 3 unspecified atom stereocenters. The quantitative estimate of drug-likeness (QED) is 0.652. The molecule has 1 saturated heterocycles. The van der Waals surface area contributed by atoms with Gasteiger partial charge in [0.1, 0.15) is 0 Å². The van der Waals surface area contributed by atoms with Crippen LogP contribution in [-0.2, 0) is 17.6 Å². The summed E-state index contributed by atoms with van der Waals surface area (Å²) in [5.41, 5.74) is 10.2. The molecule has 4 rings (SSSR count). The van der Waals surface area contributed by atoms with Gasteiger partial charge in [-0.05, 0) is 48.9 Å². The van der Waals surface area contributed by atoms with E-state index in [1.54, 1.807) is 0 Å². The molecule has 0 bridgehead atoms. The molecule has 1 aromatic carbocycles. The van der Waals surface area contributed by atoms with Crippen LogP contribution in [0.1, 0.15) is 37.8 Å². The maximum Gasteiger partial charge on any atom is 0.193 e. The second kappa shape index (κ2) is 4.98. The Kier molecular flexibility index (Phi) is 3.19. The molecule has 1 aliphatic heterocycles. The Hall–Kier alpha value is -1.55. The molecular formula is C18H25N3O. The molecule has 3 aliphatic rings. The van der Waals surface area contributed by atoms with E-state index in [4.69, 9.17) is 15.5 Å². The molecule has 22 heavy (non-hydrogen) atoms. The minimum atomic E-state index is 0.0887. The van der Waals surface area contributed by atoms with Gasteiger partial charge in [0.2, 0.25) is 0 Å². The molecular weight excluding hydrogens is 274 g/mol. The van der Waals surface area contributed by atoms with Crippen molar-refractivity contribution < 1.29 is 4.74 Å². The van der Waals surface area contributed by atoms with E-state index in [1.165, 1.54) is 30.4 Å². The molecule has 4 nitrogen and oxygen atoms in total. The van der Waals surface area contributed by atoms with Crippen molar-refractivity contribution in [2.45, 2.75) is 51.7 Å². The van der Waals surface area contributed by atoms with Crippen molar-refractivity contribution in [2.75, 3.05) is 11.9 Å². The molecule has 1 heterocycles. The van der Waals surface area contributed by atoms with Crippen molar-refractivity contribution in [2.24, 2.45) is 22.1 Å². The average Bonchev–Trinajstić information content (AvgIpc) is 3.12. The number of fused-ring (bicyclic) bond motifs is 2. The Bertz CT molecular complexity index is 623. The standard InChI is InChI=1S/C18H25N3O/c1-18(2)15(14-8-9-22-16(14)18)21-17(19)20-13-7-6-11-4-3-5-12(11)10-13/h6-7,10,14-16H,3-5,8-9H2,1-2H3,(H3,19,20,21). The summed E-state index contributed by atoms with van der Waals surface area (Å²) in [7, 11) is 0. The van der Waals surface area contributed by atoms with E-state index in [0.717, 1.165) is 18.7 Å². The van der Waals surface area contributed by atoms with Crippen molar-refractivity contribution in [3.8, 4) is 0 Å². The fourth-order valence-electron chi connectivity index (χ4n) is 4.54. The van der Waals surface area contributed by atoms with Crippen LogP contribution in [0.3, 0.4) is 0 Å². The highest BCUT2D eigenvalue weighted by atomic mass is 16.5. The van der Waals surface area contributed by atoms with E-state index < -0.39 is 0 Å². The Morgan fingerprint density at radius 3 is 3.00 bits per heavy atom. The highest BCUT2D eigenvalue weighted by Gasteiger charge is 2.59. The number of ether oxygens (including phenoxy) is 1. The zero-order valence-electron chi connectivity index (χ0n) is 13.4. The minimum absolute atomic E-state index is 0.0887. The lowest BCUT2D eigenvalue weighted by atomic mass is 9.57. The van der Waals surface area contributed by atoms with E-state index in [-0.39, 0.29) is 11.5 Å². The Morgan fingerprint density at radius 2 is 2.14 bits per heavy atom. The molecule has 0 radical (unpaired) electrons. The van der Waals surface area contributed by atoms with Gasteiger partial charge in [0.15, 0.2) is 5.96 Å². The summed E-state index contributed by atoms with van der Waals surface area (Å²) >= 11 is 0. The van der Waals surface area contributed by atoms with Gasteiger partial charge in [-0.1, -0.05) is 19.9 Å². The molecule has 1 saturated carbocycles. The summed E-state index contributed by atoms with van der Waals surface area (Å²) in [4.78, 5) is 4.77. The summed E-state index contributed by atoms with van der Waals surface area (Å²) in [6, 6.07) is 6.81. The maximum absolute atomic E-state index is 6.16. The van der Waals surface area contributed by atoms with E-state index in [1.807, 2.05) is 0 Å². The average molecular weight is 299 g/mol. The smallest absolute Gasteiger partial charge is 0.193 e. The number of guanidine groups is 1. The molecule has 0 aromatic heterocycles. The van der Waals surface area contributed by atoms with Gasteiger partial charge in [-0.25, -0.2) is 4.99 Å². The van der Waals surface area contributed by atoms with Crippen LogP contribution >= 0.6 is 0 Å². The van der Waals surface area contributed by atoms with Crippen LogP contribution in [0.4, 0.5) is 5.69 Å². The fourth-order valence-corrected chi connectivity index (χ4v) is 4.54. The van der Waals surface area contributed by atoms with Gasteiger partial charge in [-0.2, -0.15) is 0 Å². The molecule has 3 N–H and O–H groups in total. The number of nitrogens with zero attached hydrogens (tertiary/aromatic N) is 1. The minimum Gasteiger partial charge on any atom is -0.377 e. The summed E-state index contributed by atoms with van der Waals surface area (Å²) in [6.45, 7) is 5.33. The third-order valence-corrected chi connectivity index (χ3v) is 5.69. The predicted molar refractivity (Wildman–Crippen MR) is 89.1 cm³/mol. The van der Waals surface area contributed by atoms with Crippen LogP contribution in [0.5, 0.6) is 0 Å². The second-order valence-electron chi connectivity index (χ2n) is 7.49. The van der Waals surface area contributed by atoms with Crippen LogP contribution in [0.15, 0.2) is 23.2 Å². The fraction of sp³-hybridized carbons (Fsp3) is 0.611. The van der Waals surface area contributed by atoms with Crippen molar-refractivity contribution in [3.63, 3.8) is 0 Å². The normalized spacial score (nSPS) is 32.3. The molecule has 0 spiro atoms. The molecule has 3 atom stereocenters. The number of nitrogens with two attached hydrogens (primary N) is 1. The van der Waals surface area contributed by atoms with Gasteiger partial charge in [0.05, 0.1) is 12.1 Å². The van der Waals surface area contributed by atoms with Gasteiger partial charge in [-0.3, -0.25) is 0 Å². The first kappa shape index (κ1) is 14.1. The number of rotatable bonds is 2. The van der Waals surface area contributed by atoms with E-state index >= 15 is 0 Å². The first-order valence-corrected chi connectivity index (χ1v) is 8.39. The van der Waals surface area contributed by atoms with Gasteiger partial charge in [0, 0.05) is 23.6 Å². The van der Waals surface area contributed by atoms with E-state index in [9.17, 15) is 0 Å². The number of hydrogen-bond donors (Lipinski definition) is 2. The van der Waals surface area contributed by atoms with Crippen LogP contribution in [0.2, 0.25) is 0 Å². The highest BCUT2D eigenvalue weighted by Crippen LogP contribution is 2.53. The monoisotopic (exact) mass is 299 g/mol. The lowest BCUT2D eigenvalue weighted by Gasteiger charge is -2.52. The first-order valence-electron chi connectivity index (χ1n) is 8.39. The second-order valence-corrected chi connectivity index (χ2v) is 7.49. The molecule has 1 aromatic rings. The summed E-state index contributed by atoms with van der Waals surface area (Å²) in [6.07, 6.45) is 5.11. The lowest BCUT2D eigenvalue weighted by molar-refractivity contribution is -0.0985. The third kappa shape index (κ3) is 2.12. The van der Waals surface area contributed by atoms with Crippen molar-refractivity contribution in [3.05, 3.63) is 29.3 Å². The van der Waals surface area contributed by atoms with Crippen molar-refractivity contribution >= 4 is 11.6 Å². The number of aryl methyl sites for hydroxylation is 2. The topological polar surface area (TPSA) is 59.6 Å². The SMILES string of the molecule is CC1(C)C(N=C(N)Nc2ccc3c(c2)CCC3)C2CCOC21. The molecule has 2 aliphatic carbocycles. The first-order chi connectivity index (χ1) is 10.6. The van der Waals surface area contributed by atoms with Crippen LogP contribution in [0.25, 0.3) is 0 Å². The van der Waals surface area contributed by atoms with Crippen LogP contribution < -0.4 is 11.1 Å². The van der Waals surface area contributed by atoms with Crippen molar-refractivity contribution in [1.82, 2.24) is 0 Å². The maximum atomic E-state index is 6.16. The number of benzene rings is 1. The van der Waals surface area contributed by atoms with Crippen LogP contribution in [0, 0.1) is 11.3 Å². The largest absolute Gasteiger partial charge is 0.377 e. The van der Waals surface area contributed by atoms with E-state index in [0.29, 0.717) is 18.0 Å². The van der Waals surface area contributed by atoms with Crippen molar-refractivity contribution in [1.29, 1.82) is 0 Å². The van der Waals surface area contributed by atoms with Crippen LogP contribution in [-0.4, -0.2) is 24.7 Å². The Balaban J connectivity index is 1.49.